The molecule has 6 nitrogen and oxygen atoms in total. The number of amides is 1. The molecule has 2 aromatic rings. The molecule has 22 heavy (non-hydrogen) atoms. The van der Waals surface area contributed by atoms with Crippen molar-refractivity contribution in [2.75, 3.05) is 6.54 Å². The van der Waals surface area contributed by atoms with Gasteiger partial charge >= 0.3 is 12.1 Å². The number of hydrogen-bond acceptors (Lipinski definition) is 3. The number of unbranched alkanes of at least 4 members (excludes halogenated alkanes) is 2. The molecule has 0 aliphatic carbocycles. The topological polar surface area (TPSA) is 91.4 Å². The van der Waals surface area contributed by atoms with Crippen molar-refractivity contribution < 1.29 is 19.4 Å². The quantitative estimate of drug-likeness (QED) is 0.685. The Bertz CT molecular complexity index is 663. The Morgan fingerprint density at radius 1 is 1.27 bits per heavy atom. The van der Waals surface area contributed by atoms with E-state index in [1.54, 1.807) is 6.07 Å². The smallest absolute Gasteiger partial charge is 0.412 e. The first-order valence-electron chi connectivity index (χ1n) is 7.31. The van der Waals surface area contributed by atoms with Gasteiger partial charge in [0.15, 0.2) is 0 Å². The van der Waals surface area contributed by atoms with E-state index < -0.39 is 12.1 Å². The molecule has 1 amide bonds. The summed E-state index contributed by atoms with van der Waals surface area (Å²) in [5.41, 5.74) is 2.10. The van der Waals surface area contributed by atoms with Gasteiger partial charge in [0.25, 0.3) is 0 Å². The van der Waals surface area contributed by atoms with E-state index in [0.717, 1.165) is 29.3 Å². The number of carboxylic acids is 1. The second-order valence-electron chi connectivity index (χ2n) is 5.20. The highest BCUT2D eigenvalue weighted by atomic mass is 16.6. The number of aliphatic carboxylic acids is 1. The van der Waals surface area contributed by atoms with Gasteiger partial charge < -0.3 is 20.1 Å². The highest BCUT2D eigenvalue weighted by Gasteiger charge is 2.06. The minimum absolute atomic E-state index is 0.167. The second kappa shape index (κ2) is 7.49. The van der Waals surface area contributed by atoms with Crippen LogP contribution >= 0.6 is 0 Å². The number of aromatic amines is 1. The molecule has 0 aliphatic heterocycles. The third kappa shape index (κ3) is 4.51. The lowest BCUT2D eigenvalue weighted by molar-refractivity contribution is -0.137. The minimum atomic E-state index is -0.789. The predicted molar refractivity (Wildman–Crippen MR) is 83.2 cm³/mol. The van der Waals surface area contributed by atoms with E-state index in [-0.39, 0.29) is 6.42 Å². The van der Waals surface area contributed by atoms with Crippen LogP contribution < -0.4 is 10.1 Å². The SMILES string of the molecule is Cc1c[nH]c2ccc(OC(=O)NCCCCCC(=O)O)cc12. The highest BCUT2D eigenvalue weighted by Crippen LogP contribution is 2.23. The maximum atomic E-state index is 11.7. The van der Waals surface area contributed by atoms with Gasteiger partial charge in [0.2, 0.25) is 0 Å². The fourth-order valence-corrected chi connectivity index (χ4v) is 2.21. The average molecular weight is 304 g/mol. The van der Waals surface area contributed by atoms with Crippen LogP contribution in [-0.4, -0.2) is 28.7 Å². The molecular weight excluding hydrogens is 284 g/mol. The zero-order chi connectivity index (χ0) is 15.9. The van der Waals surface area contributed by atoms with E-state index in [4.69, 9.17) is 9.84 Å². The van der Waals surface area contributed by atoms with E-state index in [2.05, 4.69) is 10.3 Å². The largest absolute Gasteiger partial charge is 0.481 e. The summed E-state index contributed by atoms with van der Waals surface area (Å²) >= 11 is 0. The number of carbonyl (C=O) groups excluding carboxylic acids is 1. The van der Waals surface area contributed by atoms with Crippen LogP contribution in [0.5, 0.6) is 5.75 Å². The number of ether oxygens (including phenoxy) is 1. The molecule has 0 unspecified atom stereocenters. The molecule has 0 spiro atoms. The summed E-state index contributed by atoms with van der Waals surface area (Å²) in [5, 5.41) is 12.2. The molecule has 0 atom stereocenters. The van der Waals surface area contributed by atoms with E-state index in [0.29, 0.717) is 18.7 Å². The molecular formula is C16H20N2O4. The zero-order valence-corrected chi connectivity index (χ0v) is 12.5. The minimum Gasteiger partial charge on any atom is -0.481 e. The third-order valence-electron chi connectivity index (χ3n) is 3.41. The second-order valence-corrected chi connectivity index (χ2v) is 5.20. The van der Waals surface area contributed by atoms with Crippen molar-refractivity contribution in [1.29, 1.82) is 0 Å². The number of aromatic nitrogens is 1. The summed E-state index contributed by atoms with van der Waals surface area (Å²) in [6.45, 7) is 2.46. The van der Waals surface area contributed by atoms with Crippen molar-refractivity contribution in [3.8, 4) is 5.75 Å². The molecule has 3 N–H and O–H groups in total. The number of benzene rings is 1. The lowest BCUT2D eigenvalue weighted by Gasteiger charge is -2.06. The van der Waals surface area contributed by atoms with Crippen LogP contribution in [-0.2, 0) is 4.79 Å². The van der Waals surface area contributed by atoms with Crippen LogP contribution in [0.1, 0.15) is 31.2 Å². The Balaban J connectivity index is 1.74. The fraction of sp³-hybridized carbons (Fsp3) is 0.375. The zero-order valence-electron chi connectivity index (χ0n) is 12.5. The van der Waals surface area contributed by atoms with Crippen molar-refractivity contribution in [3.63, 3.8) is 0 Å². The Morgan fingerprint density at radius 2 is 2.09 bits per heavy atom. The Labute approximate surface area is 128 Å². The number of carbonyl (C=O) groups is 2. The third-order valence-corrected chi connectivity index (χ3v) is 3.41. The molecule has 1 heterocycles. The van der Waals surface area contributed by atoms with E-state index >= 15 is 0 Å². The first-order chi connectivity index (χ1) is 10.6. The first-order valence-corrected chi connectivity index (χ1v) is 7.31. The van der Waals surface area contributed by atoms with Gasteiger partial charge in [-0.3, -0.25) is 4.79 Å². The highest BCUT2D eigenvalue weighted by molar-refractivity contribution is 5.85. The van der Waals surface area contributed by atoms with Gasteiger partial charge in [-0.1, -0.05) is 6.42 Å². The normalized spacial score (nSPS) is 10.6. The summed E-state index contributed by atoms with van der Waals surface area (Å²) in [7, 11) is 0. The molecule has 0 bridgehead atoms. The van der Waals surface area contributed by atoms with Crippen molar-refractivity contribution in [2.24, 2.45) is 0 Å². The molecule has 0 saturated heterocycles. The van der Waals surface area contributed by atoms with Gasteiger partial charge in [-0.25, -0.2) is 4.79 Å². The van der Waals surface area contributed by atoms with Crippen molar-refractivity contribution in [3.05, 3.63) is 30.0 Å². The van der Waals surface area contributed by atoms with Gasteiger partial charge in [-0.05, 0) is 43.5 Å². The van der Waals surface area contributed by atoms with Crippen molar-refractivity contribution in [2.45, 2.75) is 32.6 Å². The van der Waals surface area contributed by atoms with Crippen LogP contribution in [0.3, 0.4) is 0 Å². The lowest BCUT2D eigenvalue weighted by Crippen LogP contribution is -2.27. The number of fused-ring (bicyclic) bond motifs is 1. The molecule has 0 radical (unpaired) electrons. The van der Waals surface area contributed by atoms with E-state index in [1.165, 1.54) is 0 Å². The first kappa shape index (κ1) is 15.9. The summed E-state index contributed by atoms with van der Waals surface area (Å²) in [5.74, 6) is -0.290. The molecule has 0 fully saturated rings. The van der Waals surface area contributed by atoms with Crippen LogP contribution in [0.2, 0.25) is 0 Å². The maximum Gasteiger partial charge on any atom is 0.412 e. The molecule has 0 aliphatic rings. The molecule has 1 aromatic heterocycles. The van der Waals surface area contributed by atoms with Gasteiger partial charge in [-0.2, -0.15) is 0 Å². The maximum absolute atomic E-state index is 11.7. The number of nitrogens with one attached hydrogen (secondary N) is 2. The summed E-state index contributed by atoms with van der Waals surface area (Å²) in [6, 6.07) is 5.44. The van der Waals surface area contributed by atoms with Gasteiger partial charge in [0.1, 0.15) is 5.75 Å². The number of H-pyrrole nitrogens is 1. The van der Waals surface area contributed by atoms with Crippen LogP contribution in [0.15, 0.2) is 24.4 Å². The predicted octanol–water partition coefficient (Wildman–Crippen LogP) is 3.21. The molecule has 118 valence electrons. The van der Waals surface area contributed by atoms with Crippen molar-refractivity contribution >= 4 is 23.0 Å². The van der Waals surface area contributed by atoms with E-state index in [9.17, 15) is 9.59 Å². The monoisotopic (exact) mass is 304 g/mol. The average Bonchev–Trinajstić information content (AvgIpc) is 2.84. The standard InChI is InChI=1S/C16H20N2O4/c1-11-10-18-14-7-6-12(9-13(11)14)22-16(21)17-8-4-2-3-5-15(19)20/h6-7,9-10,18H,2-5,8H2,1H3,(H,17,21)(H,19,20). The van der Waals surface area contributed by atoms with Crippen LogP contribution in [0.4, 0.5) is 4.79 Å². The van der Waals surface area contributed by atoms with Crippen LogP contribution in [0, 0.1) is 6.92 Å². The Kier molecular flexibility index (Phi) is 5.41. The summed E-state index contributed by atoms with van der Waals surface area (Å²) in [4.78, 5) is 25.2. The Hall–Kier alpha value is -2.50. The van der Waals surface area contributed by atoms with Crippen molar-refractivity contribution in [1.82, 2.24) is 10.3 Å². The number of aryl methyl sites for hydroxylation is 1. The molecule has 6 heteroatoms. The molecule has 0 saturated carbocycles. The van der Waals surface area contributed by atoms with Gasteiger partial charge in [-0.15, -0.1) is 0 Å². The number of hydrogen-bond donors (Lipinski definition) is 3. The Morgan fingerprint density at radius 3 is 2.86 bits per heavy atom. The molecule has 1 aromatic carbocycles. The fourth-order valence-electron chi connectivity index (χ4n) is 2.21. The van der Waals surface area contributed by atoms with E-state index in [1.807, 2.05) is 25.3 Å². The lowest BCUT2D eigenvalue weighted by atomic mass is 10.2. The summed E-state index contributed by atoms with van der Waals surface area (Å²) < 4.78 is 5.23. The molecule has 2 rings (SSSR count). The number of carboxylic acid groups (broad SMARTS) is 1. The number of rotatable bonds is 7. The van der Waals surface area contributed by atoms with Crippen LogP contribution in [0.25, 0.3) is 10.9 Å². The summed E-state index contributed by atoms with van der Waals surface area (Å²) in [6.07, 6.45) is 3.70. The van der Waals surface area contributed by atoms with Gasteiger partial charge in [0, 0.05) is 30.1 Å². The van der Waals surface area contributed by atoms with Gasteiger partial charge in [0.05, 0.1) is 0 Å².